The summed E-state index contributed by atoms with van der Waals surface area (Å²) in [6, 6.07) is 8.72. The van der Waals surface area contributed by atoms with Gasteiger partial charge in [0.05, 0.1) is 19.9 Å². The van der Waals surface area contributed by atoms with Crippen LogP contribution in [0, 0.1) is 19.8 Å². The molecule has 2 amide bonds. The maximum Gasteiger partial charge on any atom is 0.255 e. The van der Waals surface area contributed by atoms with Gasteiger partial charge in [-0.25, -0.2) is 0 Å². The van der Waals surface area contributed by atoms with E-state index in [-0.39, 0.29) is 17.7 Å². The van der Waals surface area contributed by atoms with Crippen molar-refractivity contribution in [3.63, 3.8) is 0 Å². The van der Waals surface area contributed by atoms with E-state index in [0.717, 1.165) is 16.9 Å². The first-order valence-corrected chi connectivity index (χ1v) is 9.19. The Hall–Kier alpha value is -3.02. The van der Waals surface area contributed by atoms with Gasteiger partial charge in [-0.05, 0) is 55.2 Å². The molecule has 0 atom stereocenters. The summed E-state index contributed by atoms with van der Waals surface area (Å²) in [5.74, 6) is 1.22. The third kappa shape index (κ3) is 5.25. The Labute approximate surface area is 166 Å². The molecule has 2 N–H and O–H groups in total. The lowest BCUT2D eigenvalue weighted by molar-refractivity contribution is -0.116. The normalized spacial score (nSPS) is 10.5. The maximum absolute atomic E-state index is 12.6. The van der Waals surface area contributed by atoms with Crippen molar-refractivity contribution in [2.45, 2.75) is 34.1 Å². The standard InChI is InChI=1S/C22H28N2O4/c1-13(2)9-20(25)24-18-8-7-17(12-19(18)27-5)23-22(26)16-10-14(3)21(28-6)15(4)11-16/h7-8,10-13H,9H2,1-6H3,(H,23,26)(H,24,25). The van der Waals surface area contributed by atoms with Gasteiger partial charge in [-0.1, -0.05) is 13.8 Å². The first-order valence-electron chi connectivity index (χ1n) is 9.19. The summed E-state index contributed by atoms with van der Waals surface area (Å²) in [5.41, 5.74) is 3.49. The number of aryl methyl sites for hydroxylation is 2. The van der Waals surface area contributed by atoms with Crippen LogP contribution in [0.25, 0.3) is 0 Å². The van der Waals surface area contributed by atoms with E-state index in [4.69, 9.17) is 9.47 Å². The molecule has 0 radical (unpaired) electrons. The second-order valence-electron chi connectivity index (χ2n) is 7.16. The molecule has 0 bridgehead atoms. The molecule has 28 heavy (non-hydrogen) atoms. The number of ether oxygens (including phenoxy) is 2. The van der Waals surface area contributed by atoms with Crippen molar-refractivity contribution in [2.75, 3.05) is 24.9 Å². The molecule has 0 aliphatic heterocycles. The van der Waals surface area contributed by atoms with E-state index in [2.05, 4.69) is 10.6 Å². The van der Waals surface area contributed by atoms with Gasteiger partial charge in [0.2, 0.25) is 5.91 Å². The van der Waals surface area contributed by atoms with Crippen LogP contribution in [0.15, 0.2) is 30.3 Å². The molecule has 0 heterocycles. The van der Waals surface area contributed by atoms with Gasteiger partial charge >= 0.3 is 0 Å². The topological polar surface area (TPSA) is 76.7 Å². The lowest BCUT2D eigenvalue weighted by Crippen LogP contribution is -2.15. The van der Waals surface area contributed by atoms with Crippen molar-refractivity contribution in [2.24, 2.45) is 5.92 Å². The quantitative estimate of drug-likeness (QED) is 0.734. The number of methoxy groups -OCH3 is 2. The maximum atomic E-state index is 12.6. The summed E-state index contributed by atoms with van der Waals surface area (Å²) in [6.07, 6.45) is 0.428. The fourth-order valence-electron chi connectivity index (χ4n) is 3.05. The van der Waals surface area contributed by atoms with Crippen molar-refractivity contribution < 1.29 is 19.1 Å². The van der Waals surface area contributed by atoms with E-state index in [1.165, 1.54) is 7.11 Å². The molecule has 0 aliphatic rings. The number of amides is 2. The zero-order valence-corrected chi connectivity index (χ0v) is 17.3. The van der Waals surface area contributed by atoms with Crippen LogP contribution in [0.5, 0.6) is 11.5 Å². The minimum atomic E-state index is -0.229. The zero-order chi connectivity index (χ0) is 20.8. The predicted octanol–water partition coefficient (Wildman–Crippen LogP) is 4.56. The SMILES string of the molecule is COc1cc(NC(=O)c2cc(C)c(OC)c(C)c2)ccc1NC(=O)CC(C)C. The fraction of sp³-hybridized carbons (Fsp3) is 0.364. The number of carbonyl (C=O) groups is 2. The summed E-state index contributed by atoms with van der Waals surface area (Å²) in [7, 11) is 3.14. The van der Waals surface area contributed by atoms with Crippen molar-refractivity contribution in [3.05, 3.63) is 47.0 Å². The largest absolute Gasteiger partial charge is 0.496 e. The Kier molecular flexibility index (Phi) is 7.04. The van der Waals surface area contributed by atoms with E-state index in [0.29, 0.717) is 29.1 Å². The second kappa shape index (κ2) is 9.26. The molecular weight excluding hydrogens is 356 g/mol. The molecule has 0 saturated heterocycles. The highest BCUT2D eigenvalue weighted by Gasteiger charge is 2.14. The molecule has 6 nitrogen and oxygen atoms in total. The Morgan fingerprint density at radius 3 is 2.14 bits per heavy atom. The highest BCUT2D eigenvalue weighted by atomic mass is 16.5. The van der Waals surface area contributed by atoms with Crippen LogP contribution in [0.2, 0.25) is 0 Å². The van der Waals surface area contributed by atoms with Crippen LogP contribution in [-0.4, -0.2) is 26.0 Å². The van der Waals surface area contributed by atoms with Gasteiger partial charge in [0.15, 0.2) is 0 Å². The van der Waals surface area contributed by atoms with Crippen LogP contribution in [0.3, 0.4) is 0 Å². The first kappa shape index (κ1) is 21.3. The minimum absolute atomic E-state index is 0.0748. The highest BCUT2D eigenvalue weighted by Crippen LogP contribution is 2.29. The lowest BCUT2D eigenvalue weighted by Gasteiger charge is -2.14. The fourth-order valence-corrected chi connectivity index (χ4v) is 3.05. The summed E-state index contributed by atoms with van der Waals surface area (Å²) >= 11 is 0. The number of nitrogens with one attached hydrogen (secondary N) is 2. The average molecular weight is 384 g/mol. The third-order valence-corrected chi connectivity index (χ3v) is 4.25. The van der Waals surface area contributed by atoms with E-state index in [1.54, 1.807) is 37.4 Å². The number of anilines is 2. The molecule has 0 aliphatic carbocycles. The van der Waals surface area contributed by atoms with Crippen molar-refractivity contribution in [1.29, 1.82) is 0 Å². The summed E-state index contributed by atoms with van der Waals surface area (Å²) in [5, 5.41) is 5.71. The second-order valence-corrected chi connectivity index (χ2v) is 7.16. The molecular formula is C22H28N2O4. The third-order valence-electron chi connectivity index (χ3n) is 4.25. The van der Waals surface area contributed by atoms with Crippen LogP contribution in [0.4, 0.5) is 11.4 Å². The Morgan fingerprint density at radius 1 is 0.964 bits per heavy atom. The Bertz CT molecular complexity index is 852. The average Bonchev–Trinajstić information content (AvgIpc) is 2.61. The van der Waals surface area contributed by atoms with E-state index >= 15 is 0 Å². The van der Waals surface area contributed by atoms with Crippen LogP contribution >= 0.6 is 0 Å². The minimum Gasteiger partial charge on any atom is -0.496 e. The Morgan fingerprint density at radius 2 is 1.61 bits per heavy atom. The van der Waals surface area contributed by atoms with Crippen molar-refractivity contribution in [1.82, 2.24) is 0 Å². The highest BCUT2D eigenvalue weighted by molar-refractivity contribution is 6.05. The van der Waals surface area contributed by atoms with Gasteiger partial charge in [0.1, 0.15) is 11.5 Å². The van der Waals surface area contributed by atoms with E-state index in [9.17, 15) is 9.59 Å². The molecule has 2 rings (SSSR count). The summed E-state index contributed by atoms with van der Waals surface area (Å²) in [6.45, 7) is 7.77. The van der Waals surface area contributed by atoms with Crippen LogP contribution < -0.4 is 20.1 Å². The molecule has 0 unspecified atom stereocenters. The monoisotopic (exact) mass is 384 g/mol. The number of rotatable bonds is 7. The van der Waals surface area contributed by atoms with E-state index in [1.807, 2.05) is 27.7 Å². The molecule has 2 aromatic carbocycles. The number of benzene rings is 2. The zero-order valence-electron chi connectivity index (χ0n) is 17.3. The van der Waals surface area contributed by atoms with Crippen molar-refractivity contribution >= 4 is 23.2 Å². The van der Waals surface area contributed by atoms with Crippen LogP contribution in [0.1, 0.15) is 41.8 Å². The number of hydrogen-bond donors (Lipinski definition) is 2. The van der Waals surface area contributed by atoms with Gasteiger partial charge in [-0.15, -0.1) is 0 Å². The van der Waals surface area contributed by atoms with Gasteiger partial charge in [0.25, 0.3) is 5.91 Å². The van der Waals surface area contributed by atoms with Gasteiger partial charge < -0.3 is 20.1 Å². The molecule has 6 heteroatoms. The van der Waals surface area contributed by atoms with Crippen molar-refractivity contribution in [3.8, 4) is 11.5 Å². The van der Waals surface area contributed by atoms with Gasteiger partial charge in [-0.3, -0.25) is 9.59 Å². The van der Waals surface area contributed by atoms with E-state index < -0.39 is 0 Å². The molecule has 0 aromatic heterocycles. The molecule has 0 fully saturated rings. The molecule has 2 aromatic rings. The molecule has 150 valence electrons. The predicted molar refractivity (Wildman–Crippen MR) is 111 cm³/mol. The molecule has 0 spiro atoms. The lowest BCUT2D eigenvalue weighted by atomic mass is 10.0. The number of carbonyl (C=O) groups excluding carboxylic acids is 2. The summed E-state index contributed by atoms with van der Waals surface area (Å²) < 4.78 is 10.7. The van der Waals surface area contributed by atoms with Gasteiger partial charge in [0, 0.05) is 23.7 Å². The van der Waals surface area contributed by atoms with Crippen LogP contribution in [-0.2, 0) is 4.79 Å². The van der Waals surface area contributed by atoms with Gasteiger partial charge in [-0.2, -0.15) is 0 Å². The smallest absolute Gasteiger partial charge is 0.255 e. The Balaban J connectivity index is 2.18. The molecule has 0 saturated carbocycles. The first-order chi connectivity index (χ1) is 13.2. The number of hydrogen-bond acceptors (Lipinski definition) is 4. The summed E-state index contributed by atoms with van der Waals surface area (Å²) in [4.78, 5) is 24.6.